The molecule has 0 amide bonds. The maximum atomic E-state index is 4.91. The molecule has 0 saturated carbocycles. The molecule has 1 atom stereocenters. The molecule has 0 bridgehead atoms. The van der Waals surface area contributed by atoms with E-state index >= 15 is 0 Å². The first kappa shape index (κ1) is 27.5. The molecule has 1 aromatic heterocycles. The highest BCUT2D eigenvalue weighted by molar-refractivity contribution is 5.85. The van der Waals surface area contributed by atoms with Gasteiger partial charge in [0.25, 0.3) is 0 Å². The molecule has 1 aliphatic rings. The second kappa shape index (κ2) is 12.8. The number of nitrogens with zero attached hydrogens (tertiary/aromatic N) is 5. The Labute approximate surface area is 233 Å². The van der Waals surface area contributed by atoms with Crippen LogP contribution >= 0.6 is 12.4 Å². The zero-order valence-electron chi connectivity index (χ0n) is 22.6. The lowest BCUT2D eigenvalue weighted by Gasteiger charge is -2.39. The highest BCUT2D eigenvalue weighted by Gasteiger charge is 2.29. The first-order chi connectivity index (χ1) is 18.1. The van der Waals surface area contributed by atoms with E-state index < -0.39 is 0 Å². The van der Waals surface area contributed by atoms with E-state index in [1.807, 2.05) is 0 Å². The second-order valence-corrected chi connectivity index (χ2v) is 10.0. The minimum Gasteiger partial charge on any atom is -0.368 e. The number of aromatic nitrogens is 2. The Morgan fingerprint density at radius 2 is 1.34 bits per heavy atom. The third-order valence-electron chi connectivity index (χ3n) is 7.55. The molecule has 0 spiro atoms. The Kier molecular flexibility index (Phi) is 9.24. The van der Waals surface area contributed by atoms with E-state index in [2.05, 4.69) is 121 Å². The summed E-state index contributed by atoms with van der Waals surface area (Å²) in [6.07, 6.45) is 4.71. The smallest absolute Gasteiger partial charge is 0.158 e. The molecule has 1 unspecified atom stereocenters. The van der Waals surface area contributed by atoms with Crippen LogP contribution < -0.4 is 14.7 Å². The summed E-state index contributed by atoms with van der Waals surface area (Å²) < 4.78 is 0. The fraction of sp³-hybridized carbons (Fsp3) is 0.312. The lowest BCUT2D eigenvalue weighted by Crippen LogP contribution is -2.37. The van der Waals surface area contributed by atoms with Gasteiger partial charge in [-0.3, -0.25) is 0 Å². The van der Waals surface area contributed by atoms with Gasteiger partial charge in [-0.25, -0.2) is 9.97 Å². The minimum absolute atomic E-state index is 0. The number of benzene rings is 3. The van der Waals surface area contributed by atoms with Gasteiger partial charge in [-0.1, -0.05) is 84.9 Å². The van der Waals surface area contributed by atoms with Crippen LogP contribution in [-0.4, -0.2) is 43.7 Å². The van der Waals surface area contributed by atoms with Gasteiger partial charge in [0.05, 0.1) is 6.04 Å². The zero-order valence-corrected chi connectivity index (χ0v) is 23.4. The van der Waals surface area contributed by atoms with Gasteiger partial charge in [-0.2, -0.15) is 0 Å². The summed E-state index contributed by atoms with van der Waals surface area (Å²) in [5.41, 5.74) is 6.62. The van der Waals surface area contributed by atoms with Crippen LogP contribution in [0.4, 0.5) is 17.3 Å². The van der Waals surface area contributed by atoms with Crippen LogP contribution in [0.5, 0.6) is 0 Å². The molecule has 5 rings (SSSR count). The first-order valence-corrected chi connectivity index (χ1v) is 13.3. The predicted molar refractivity (Wildman–Crippen MR) is 162 cm³/mol. The number of fused-ring (bicyclic) bond motifs is 1. The monoisotopic (exact) mass is 527 g/mol. The molecule has 0 saturated heterocycles. The topological polar surface area (TPSA) is 35.5 Å². The molecule has 6 heteroatoms. The van der Waals surface area contributed by atoms with Crippen LogP contribution in [0, 0.1) is 0 Å². The third kappa shape index (κ3) is 6.11. The highest BCUT2D eigenvalue weighted by atomic mass is 35.5. The van der Waals surface area contributed by atoms with E-state index in [0.29, 0.717) is 0 Å². The Bertz CT molecular complexity index is 1300. The van der Waals surface area contributed by atoms with Crippen molar-refractivity contribution in [1.29, 1.82) is 0 Å². The van der Waals surface area contributed by atoms with Crippen LogP contribution in [0.2, 0.25) is 0 Å². The van der Waals surface area contributed by atoms with Gasteiger partial charge < -0.3 is 14.7 Å². The fourth-order valence-corrected chi connectivity index (χ4v) is 5.35. The van der Waals surface area contributed by atoms with E-state index in [-0.39, 0.29) is 18.4 Å². The average molecular weight is 528 g/mol. The summed E-state index contributed by atoms with van der Waals surface area (Å²) in [7, 11) is 4.33. The van der Waals surface area contributed by atoms with E-state index in [9.17, 15) is 0 Å². The number of hydrogen-bond donors (Lipinski definition) is 0. The maximum Gasteiger partial charge on any atom is 0.158 e. The maximum absolute atomic E-state index is 4.91. The van der Waals surface area contributed by atoms with Gasteiger partial charge in [-0.05, 0) is 48.4 Å². The van der Waals surface area contributed by atoms with Crippen LogP contribution in [0.25, 0.3) is 0 Å². The number of anilines is 3. The van der Waals surface area contributed by atoms with Gasteiger partial charge in [-0.15, -0.1) is 12.4 Å². The normalized spacial score (nSPS) is 14.4. The summed E-state index contributed by atoms with van der Waals surface area (Å²) in [6.45, 7) is 5.02. The van der Waals surface area contributed by atoms with E-state index in [1.165, 1.54) is 22.3 Å². The molecular formula is C32H38ClN5. The molecule has 0 radical (unpaired) electrons. The molecule has 1 aliphatic heterocycles. The van der Waals surface area contributed by atoms with Crippen LogP contribution in [-0.2, 0) is 19.3 Å². The molecular weight excluding hydrogens is 490 g/mol. The number of likely N-dealkylation sites (N-methyl/N-ethyl adjacent to an activating group) is 2. The van der Waals surface area contributed by atoms with E-state index in [0.717, 1.165) is 56.2 Å². The van der Waals surface area contributed by atoms with Gasteiger partial charge in [0.2, 0.25) is 0 Å². The zero-order chi connectivity index (χ0) is 25.6. The van der Waals surface area contributed by atoms with Crippen molar-refractivity contribution in [3.63, 3.8) is 0 Å². The number of hydrogen-bond acceptors (Lipinski definition) is 5. The van der Waals surface area contributed by atoms with Crippen molar-refractivity contribution < 1.29 is 0 Å². The van der Waals surface area contributed by atoms with Gasteiger partial charge >= 0.3 is 0 Å². The molecule has 38 heavy (non-hydrogen) atoms. The molecule has 198 valence electrons. The largest absolute Gasteiger partial charge is 0.368 e. The summed E-state index contributed by atoms with van der Waals surface area (Å²) >= 11 is 0. The number of rotatable bonds is 9. The molecule has 0 fully saturated rings. The van der Waals surface area contributed by atoms with Crippen molar-refractivity contribution in [2.24, 2.45) is 0 Å². The van der Waals surface area contributed by atoms with Crippen molar-refractivity contribution in [2.75, 3.05) is 48.4 Å². The SMILES string of the molecule is CC1c2ccccc2CCN1c1ncnc(N(C)CCc2ccccc2)c1N(C)CCc1ccccc1.Cl. The molecule has 2 heterocycles. The van der Waals surface area contributed by atoms with Crippen molar-refractivity contribution in [2.45, 2.75) is 32.2 Å². The Hall–Kier alpha value is -3.57. The third-order valence-corrected chi connectivity index (χ3v) is 7.55. The van der Waals surface area contributed by atoms with Gasteiger partial charge in [0.15, 0.2) is 11.6 Å². The second-order valence-electron chi connectivity index (χ2n) is 10.0. The average Bonchev–Trinajstić information content (AvgIpc) is 2.96. The van der Waals surface area contributed by atoms with Crippen LogP contribution in [0.15, 0.2) is 91.3 Å². The fourth-order valence-electron chi connectivity index (χ4n) is 5.35. The number of halogens is 1. The van der Waals surface area contributed by atoms with Gasteiger partial charge in [0.1, 0.15) is 12.0 Å². The van der Waals surface area contributed by atoms with Crippen LogP contribution in [0.3, 0.4) is 0 Å². The van der Waals surface area contributed by atoms with E-state index in [4.69, 9.17) is 9.97 Å². The van der Waals surface area contributed by atoms with E-state index in [1.54, 1.807) is 6.33 Å². The van der Waals surface area contributed by atoms with Crippen molar-refractivity contribution >= 4 is 29.7 Å². The summed E-state index contributed by atoms with van der Waals surface area (Å²) in [5.74, 6) is 2.01. The van der Waals surface area contributed by atoms with Gasteiger partial charge in [0, 0.05) is 33.7 Å². The standard InChI is InChI=1S/C32H37N5.ClH/c1-25-29-17-11-10-16-28(29)20-23-37(25)32-30(35(2)21-18-26-12-6-4-7-13-26)31(33-24-34-32)36(3)22-19-27-14-8-5-9-15-27;/h4-17,24-25H,18-23H2,1-3H3;1H. The summed E-state index contributed by atoms with van der Waals surface area (Å²) in [6, 6.07) is 30.5. The Morgan fingerprint density at radius 1 is 0.763 bits per heavy atom. The van der Waals surface area contributed by atoms with Crippen molar-refractivity contribution in [3.05, 3.63) is 114 Å². The quantitative estimate of drug-likeness (QED) is 0.252. The lowest BCUT2D eigenvalue weighted by molar-refractivity contribution is 0.615. The lowest BCUT2D eigenvalue weighted by atomic mass is 9.93. The predicted octanol–water partition coefficient (Wildman–Crippen LogP) is 6.38. The Balaban J connectivity index is 0.00000336. The molecule has 0 aliphatic carbocycles. The highest BCUT2D eigenvalue weighted by Crippen LogP contribution is 2.40. The molecule has 0 N–H and O–H groups in total. The molecule has 3 aromatic carbocycles. The first-order valence-electron chi connectivity index (χ1n) is 13.3. The minimum atomic E-state index is 0. The molecule has 4 aromatic rings. The van der Waals surface area contributed by atoms with Crippen molar-refractivity contribution in [3.8, 4) is 0 Å². The molecule has 5 nitrogen and oxygen atoms in total. The van der Waals surface area contributed by atoms with Crippen LogP contribution in [0.1, 0.15) is 35.2 Å². The summed E-state index contributed by atoms with van der Waals surface area (Å²) in [4.78, 5) is 16.9. The van der Waals surface area contributed by atoms with Crippen molar-refractivity contribution in [1.82, 2.24) is 9.97 Å². The summed E-state index contributed by atoms with van der Waals surface area (Å²) in [5, 5.41) is 0. The Morgan fingerprint density at radius 3 is 2.00 bits per heavy atom.